The second-order valence-corrected chi connectivity index (χ2v) is 6.87. The molecule has 0 aliphatic rings. The molecular weight excluding hydrogens is 304 g/mol. The van der Waals surface area contributed by atoms with Gasteiger partial charge in [-0.2, -0.15) is 0 Å². The maximum Gasteiger partial charge on any atom is 0.260 e. The Bertz CT molecular complexity index is 584. The van der Waals surface area contributed by atoms with Gasteiger partial charge in [0, 0.05) is 13.1 Å². The zero-order valence-corrected chi connectivity index (χ0v) is 14.2. The highest BCUT2D eigenvalue weighted by Crippen LogP contribution is 2.17. The van der Waals surface area contributed by atoms with Crippen molar-refractivity contribution in [2.75, 3.05) is 7.05 Å². The number of rotatable bonds is 8. The Balaban J connectivity index is 2.77. The molecule has 0 fully saturated rings. The number of hydrogen-bond donors (Lipinski definition) is 2. The molecule has 0 aromatic heterocycles. The lowest BCUT2D eigenvalue weighted by Gasteiger charge is -2.15. The first kappa shape index (κ1) is 18.4. The van der Waals surface area contributed by atoms with Gasteiger partial charge in [0.25, 0.3) is 5.91 Å². The van der Waals surface area contributed by atoms with Crippen molar-refractivity contribution in [2.24, 2.45) is 0 Å². The first-order valence-corrected chi connectivity index (χ1v) is 8.79. The second kappa shape index (κ2) is 8.14. The van der Waals surface area contributed by atoms with Gasteiger partial charge in [-0.05, 0) is 44.5 Å². The van der Waals surface area contributed by atoms with Crippen LogP contribution in [0.3, 0.4) is 0 Å². The molecule has 1 aromatic carbocycles. The van der Waals surface area contributed by atoms with Gasteiger partial charge in [0.2, 0.25) is 10.0 Å². The van der Waals surface area contributed by atoms with Crippen molar-refractivity contribution in [1.29, 1.82) is 0 Å². The number of hydrogen-bond acceptors (Lipinski definition) is 4. The Hall–Kier alpha value is -1.60. The fraction of sp³-hybridized carbons (Fsp3) is 0.533. The first-order valence-electron chi connectivity index (χ1n) is 7.30. The molecule has 1 amide bonds. The van der Waals surface area contributed by atoms with Crippen molar-refractivity contribution in [1.82, 2.24) is 10.0 Å². The quantitative estimate of drug-likeness (QED) is 0.760. The van der Waals surface area contributed by atoms with E-state index in [1.54, 1.807) is 19.1 Å². The van der Waals surface area contributed by atoms with Gasteiger partial charge in [0.05, 0.1) is 4.90 Å². The lowest BCUT2D eigenvalue weighted by molar-refractivity contribution is -0.126. The first-order chi connectivity index (χ1) is 10.3. The minimum Gasteiger partial charge on any atom is -0.481 e. The van der Waals surface area contributed by atoms with E-state index in [2.05, 4.69) is 10.0 Å². The van der Waals surface area contributed by atoms with Crippen LogP contribution in [0.15, 0.2) is 29.2 Å². The van der Waals surface area contributed by atoms with Crippen LogP contribution in [0, 0.1) is 0 Å². The standard InChI is InChI=1S/C15H24N2O4S/c1-5-6-11(2)17-22(19,20)14-9-7-13(8-10-14)21-12(3)15(18)16-4/h7-12,17H,5-6H2,1-4H3,(H,16,18)/t11-,12-/m1/s1. The molecule has 0 saturated heterocycles. The number of likely N-dealkylation sites (N-methyl/N-ethyl adjacent to an activating group) is 1. The molecule has 2 atom stereocenters. The molecule has 0 saturated carbocycles. The van der Waals surface area contributed by atoms with E-state index in [4.69, 9.17) is 4.74 Å². The highest BCUT2D eigenvalue weighted by Gasteiger charge is 2.18. The fourth-order valence-electron chi connectivity index (χ4n) is 1.98. The Morgan fingerprint density at radius 1 is 1.23 bits per heavy atom. The monoisotopic (exact) mass is 328 g/mol. The summed E-state index contributed by atoms with van der Waals surface area (Å²) in [6, 6.07) is 5.90. The maximum absolute atomic E-state index is 12.2. The van der Waals surface area contributed by atoms with Crippen LogP contribution in [0.2, 0.25) is 0 Å². The maximum atomic E-state index is 12.2. The second-order valence-electron chi connectivity index (χ2n) is 5.16. The summed E-state index contributed by atoms with van der Waals surface area (Å²) in [5.41, 5.74) is 0. The van der Waals surface area contributed by atoms with Gasteiger partial charge in [-0.15, -0.1) is 0 Å². The van der Waals surface area contributed by atoms with Crippen LogP contribution in [0.4, 0.5) is 0 Å². The smallest absolute Gasteiger partial charge is 0.260 e. The third kappa shape index (κ3) is 5.31. The number of benzene rings is 1. The number of ether oxygens (including phenoxy) is 1. The summed E-state index contributed by atoms with van der Waals surface area (Å²) in [6.07, 6.45) is 1.05. The van der Waals surface area contributed by atoms with Crippen molar-refractivity contribution < 1.29 is 17.9 Å². The van der Waals surface area contributed by atoms with E-state index in [-0.39, 0.29) is 16.8 Å². The predicted octanol–water partition coefficient (Wildman–Crippen LogP) is 1.67. The minimum atomic E-state index is -3.53. The Morgan fingerprint density at radius 2 is 1.82 bits per heavy atom. The van der Waals surface area contributed by atoms with Gasteiger partial charge >= 0.3 is 0 Å². The molecule has 0 radical (unpaired) electrons. The van der Waals surface area contributed by atoms with E-state index >= 15 is 0 Å². The van der Waals surface area contributed by atoms with Gasteiger partial charge in [-0.1, -0.05) is 13.3 Å². The average Bonchev–Trinajstić information content (AvgIpc) is 2.46. The molecule has 6 nitrogen and oxygen atoms in total. The molecule has 124 valence electrons. The third-order valence-corrected chi connectivity index (χ3v) is 4.75. The summed E-state index contributed by atoms with van der Waals surface area (Å²) >= 11 is 0. The van der Waals surface area contributed by atoms with E-state index in [0.29, 0.717) is 5.75 Å². The highest BCUT2D eigenvalue weighted by atomic mass is 32.2. The lowest BCUT2D eigenvalue weighted by atomic mass is 10.2. The molecular formula is C15H24N2O4S. The van der Waals surface area contributed by atoms with Gasteiger partial charge in [-0.3, -0.25) is 4.79 Å². The van der Waals surface area contributed by atoms with Crippen LogP contribution in [-0.4, -0.2) is 33.5 Å². The summed E-state index contributed by atoms with van der Waals surface area (Å²) in [6.45, 7) is 5.46. The molecule has 22 heavy (non-hydrogen) atoms. The zero-order chi connectivity index (χ0) is 16.8. The molecule has 0 spiro atoms. The third-order valence-electron chi connectivity index (χ3n) is 3.14. The largest absolute Gasteiger partial charge is 0.481 e. The van der Waals surface area contributed by atoms with E-state index in [0.717, 1.165) is 12.8 Å². The van der Waals surface area contributed by atoms with Crippen molar-refractivity contribution >= 4 is 15.9 Å². The summed E-state index contributed by atoms with van der Waals surface area (Å²) in [5, 5.41) is 2.48. The van der Waals surface area contributed by atoms with Crippen LogP contribution >= 0.6 is 0 Å². The van der Waals surface area contributed by atoms with Gasteiger partial charge in [0.15, 0.2) is 6.10 Å². The molecule has 1 aromatic rings. The number of amides is 1. The van der Waals surface area contributed by atoms with Gasteiger partial charge < -0.3 is 10.1 Å². The van der Waals surface area contributed by atoms with E-state index in [1.807, 2.05) is 13.8 Å². The van der Waals surface area contributed by atoms with Gasteiger partial charge in [0.1, 0.15) is 5.75 Å². The van der Waals surface area contributed by atoms with Crippen LogP contribution in [0.5, 0.6) is 5.75 Å². The number of carbonyl (C=O) groups excluding carboxylic acids is 1. The van der Waals surface area contributed by atoms with E-state index in [1.165, 1.54) is 19.2 Å². The molecule has 0 bridgehead atoms. The van der Waals surface area contributed by atoms with Crippen molar-refractivity contribution in [3.63, 3.8) is 0 Å². The molecule has 0 aliphatic carbocycles. The molecule has 0 unspecified atom stereocenters. The number of sulfonamides is 1. The van der Waals surface area contributed by atoms with Crippen LogP contribution in [-0.2, 0) is 14.8 Å². The summed E-state index contributed by atoms with van der Waals surface area (Å²) in [5.74, 6) is 0.198. The van der Waals surface area contributed by atoms with Crippen molar-refractivity contribution in [3.8, 4) is 5.75 Å². The van der Waals surface area contributed by atoms with Crippen LogP contribution in [0.25, 0.3) is 0 Å². The van der Waals surface area contributed by atoms with E-state index < -0.39 is 16.1 Å². The minimum absolute atomic E-state index is 0.112. The number of nitrogens with one attached hydrogen (secondary N) is 2. The van der Waals surface area contributed by atoms with Crippen LogP contribution < -0.4 is 14.8 Å². The number of carbonyl (C=O) groups is 1. The van der Waals surface area contributed by atoms with Gasteiger partial charge in [-0.25, -0.2) is 13.1 Å². The molecule has 0 heterocycles. The SMILES string of the molecule is CCC[C@@H](C)NS(=O)(=O)c1ccc(O[C@H](C)C(=O)NC)cc1. The normalized spacial score (nSPS) is 14.2. The molecule has 2 N–H and O–H groups in total. The summed E-state index contributed by atoms with van der Waals surface area (Å²) in [7, 11) is -2.00. The fourth-order valence-corrected chi connectivity index (χ4v) is 3.26. The van der Waals surface area contributed by atoms with Crippen molar-refractivity contribution in [3.05, 3.63) is 24.3 Å². The molecule has 1 rings (SSSR count). The molecule has 7 heteroatoms. The average molecular weight is 328 g/mol. The Morgan fingerprint density at radius 3 is 2.32 bits per heavy atom. The zero-order valence-electron chi connectivity index (χ0n) is 13.4. The topological polar surface area (TPSA) is 84.5 Å². The summed E-state index contributed by atoms with van der Waals surface area (Å²) in [4.78, 5) is 11.6. The molecule has 0 aliphatic heterocycles. The van der Waals surface area contributed by atoms with Crippen molar-refractivity contribution in [2.45, 2.75) is 50.7 Å². The predicted molar refractivity (Wildman–Crippen MR) is 85.3 cm³/mol. The summed E-state index contributed by atoms with van der Waals surface area (Å²) < 4.78 is 32.4. The Labute approximate surface area is 132 Å². The Kier molecular flexibility index (Phi) is 6.83. The van der Waals surface area contributed by atoms with E-state index in [9.17, 15) is 13.2 Å². The van der Waals surface area contributed by atoms with Crippen LogP contribution in [0.1, 0.15) is 33.6 Å². The highest BCUT2D eigenvalue weighted by molar-refractivity contribution is 7.89. The lowest BCUT2D eigenvalue weighted by Crippen LogP contribution is -2.33.